The van der Waals surface area contributed by atoms with Crippen LogP contribution in [0.1, 0.15) is 154 Å². The Labute approximate surface area is 417 Å². The Morgan fingerprint density at radius 3 is 1.76 bits per heavy atom. The van der Waals surface area contributed by atoms with Crippen LogP contribution in [0.4, 0.5) is 0 Å². The number of fused-ring (bicyclic) bond motifs is 2. The Kier molecular flexibility index (Phi) is 12.5. The molecule has 0 bridgehead atoms. The number of nitrogens with zero attached hydrogens (tertiary/aromatic N) is 3. The van der Waals surface area contributed by atoms with Gasteiger partial charge < -0.3 is 5.11 Å². The number of rotatable bonds is 9. The Hall–Kier alpha value is -6.78. The zero-order valence-electron chi connectivity index (χ0n) is 44.0. The summed E-state index contributed by atoms with van der Waals surface area (Å²) in [6, 6.07) is 53.2. The van der Waals surface area contributed by atoms with Crippen molar-refractivity contribution in [1.82, 2.24) is 14.5 Å². The third-order valence-electron chi connectivity index (χ3n) is 14.4. The van der Waals surface area contributed by atoms with Crippen molar-refractivity contribution in [2.75, 3.05) is 0 Å². The number of pyridine rings is 1. The molecule has 0 spiro atoms. The Balaban J connectivity index is 1.38. The maximum atomic E-state index is 12.7. The van der Waals surface area contributed by atoms with Crippen LogP contribution in [0.15, 0.2) is 152 Å². The first-order valence-corrected chi connectivity index (χ1v) is 25.3. The SMILES string of the molecule is CC(C)c1cc(C(C)(C)C)cc(C(C)C)c1-n1c(-c2cc(C(C)(C)C)cc(C(C)(C)C)c2O)nc2c(-c3cc(-c4cc(-c5ccccc5)ccn4)cc(C(C)c4ccc5ccccc5c4)c3)cccc21. The van der Waals surface area contributed by atoms with Crippen molar-refractivity contribution < 1.29 is 5.11 Å². The molecule has 0 saturated carbocycles. The van der Waals surface area contributed by atoms with Gasteiger partial charge in [0, 0.05) is 28.8 Å². The van der Waals surface area contributed by atoms with Crippen molar-refractivity contribution >= 4 is 21.8 Å². The van der Waals surface area contributed by atoms with Crippen LogP contribution in [0.3, 0.4) is 0 Å². The zero-order valence-corrected chi connectivity index (χ0v) is 44.0. The molecule has 0 fully saturated rings. The molecular weight excluding hydrogens is 851 g/mol. The Bertz CT molecular complexity index is 3370. The summed E-state index contributed by atoms with van der Waals surface area (Å²) in [5.41, 5.74) is 17.9. The summed E-state index contributed by atoms with van der Waals surface area (Å²) in [7, 11) is 0. The zero-order chi connectivity index (χ0) is 50.0. The quantitative estimate of drug-likeness (QED) is 0.157. The number of phenols is 1. The van der Waals surface area contributed by atoms with Crippen LogP contribution in [0.5, 0.6) is 5.75 Å². The molecule has 4 nitrogen and oxygen atoms in total. The standard InChI is InChI=1S/C66H71N3O/c1-40(2)54-36-51(64(6,7)8)37-55(41(3)4)61(54)69-59-26-20-25-53(60(59)68-63(69)56-38-52(65(9,10)11)39-57(62(56)70)66(12,13)14)49-32-48(42(5)45-28-27-44-23-18-19-24-46(44)31-45)33-50(34-49)58-35-47(29-30-67-58)43-21-16-15-17-22-43/h15-42,70H,1-14H3. The Morgan fingerprint density at radius 1 is 0.486 bits per heavy atom. The molecule has 0 radical (unpaired) electrons. The molecule has 70 heavy (non-hydrogen) atoms. The second-order valence-corrected chi connectivity index (χ2v) is 23.4. The van der Waals surface area contributed by atoms with Crippen molar-refractivity contribution in [3.63, 3.8) is 0 Å². The predicted molar refractivity (Wildman–Crippen MR) is 298 cm³/mol. The van der Waals surface area contributed by atoms with Crippen LogP contribution in [0.25, 0.3) is 72.4 Å². The molecule has 4 heteroatoms. The maximum Gasteiger partial charge on any atom is 0.149 e. The van der Waals surface area contributed by atoms with Gasteiger partial charge in [0.15, 0.2) is 0 Å². The fourth-order valence-corrected chi connectivity index (χ4v) is 10.1. The van der Waals surface area contributed by atoms with E-state index >= 15 is 0 Å². The lowest BCUT2D eigenvalue weighted by Gasteiger charge is -2.29. The van der Waals surface area contributed by atoms with E-state index in [4.69, 9.17) is 9.97 Å². The highest BCUT2D eigenvalue weighted by Crippen LogP contribution is 2.47. The number of imidazole rings is 1. The number of phenolic OH excluding ortho intramolecular Hbond substituents is 1. The first kappa shape index (κ1) is 48.3. The molecule has 2 aromatic heterocycles. The molecule has 1 atom stereocenters. The summed E-state index contributed by atoms with van der Waals surface area (Å²) in [5, 5.41) is 15.2. The molecule has 0 aliphatic heterocycles. The Morgan fingerprint density at radius 2 is 1.11 bits per heavy atom. The van der Waals surface area contributed by atoms with Gasteiger partial charge in [0.25, 0.3) is 0 Å². The van der Waals surface area contributed by atoms with Gasteiger partial charge in [-0.05, 0) is 125 Å². The number of para-hydroxylation sites is 1. The average Bonchev–Trinajstić information content (AvgIpc) is 3.71. The van der Waals surface area contributed by atoms with E-state index in [-0.39, 0.29) is 39.7 Å². The van der Waals surface area contributed by atoms with Gasteiger partial charge in [0.1, 0.15) is 11.6 Å². The summed E-state index contributed by atoms with van der Waals surface area (Å²) < 4.78 is 2.40. The van der Waals surface area contributed by atoms with Crippen molar-refractivity contribution in [3.05, 3.63) is 191 Å². The molecule has 0 saturated heterocycles. The van der Waals surface area contributed by atoms with Gasteiger partial charge >= 0.3 is 0 Å². The summed E-state index contributed by atoms with van der Waals surface area (Å²) >= 11 is 0. The summed E-state index contributed by atoms with van der Waals surface area (Å²) in [6.07, 6.45) is 1.93. The molecule has 7 aromatic carbocycles. The molecule has 1 unspecified atom stereocenters. The maximum absolute atomic E-state index is 12.7. The van der Waals surface area contributed by atoms with Gasteiger partial charge in [-0.25, -0.2) is 4.98 Å². The highest BCUT2D eigenvalue weighted by Gasteiger charge is 2.31. The van der Waals surface area contributed by atoms with Crippen molar-refractivity contribution in [2.45, 2.75) is 131 Å². The van der Waals surface area contributed by atoms with Gasteiger partial charge in [-0.15, -0.1) is 0 Å². The predicted octanol–water partition coefficient (Wildman–Crippen LogP) is 18.2. The number of hydrogen-bond acceptors (Lipinski definition) is 3. The van der Waals surface area contributed by atoms with Crippen LogP contribution in [-0.2, 0) is 16.2 Å². The van der Waals surface area contributed by atoms with Crippen LogP contribution in [-0.4, -0.2) is 19.6 Å². The van der Waals surface area contributed by atoms with Crippen LogP contribution >= 0.6 is 0 Å². The lowest BCUT2D eigenvalue weighted by atomic mass is 9.78. The van der Waals surface area contributed by atoms with E-state index in [1.807, 2.05) is 6.20 Å². The van der Waals surface area contributed by atoms with Crippen LogP contribution in [0.2, 0.25) is 0 Å². The van der Waals surface area contributed by atoms with Gasteiger partial charge in [-0.3, -0.25) is 9.55 Å². The summed E-state index contributed by atoms with van der Waals surface area (Å²) in [5.74, 6) is 1.50. The molecule has 2 heterocycles. The van der Waals surface area contributed by atoms with E-state index in [1.54, 1.807) is 0 Å². The van der Waals surface area contributed by atoms with Gasteiger partial charge in [-0.2, -0.15) is 0 Å². The minimum Gasteiger partial charge on any atom is -0.507 e. The van der Waals surface area contributed by atoms with Crippen molar-refractivity contribution in [2.24, 2.45) is 0 Å². The minimum absolute atomic E-state index is 0.0537. The molecular formula is C66H71N3O. The lowest BCUT2D eigenvalue weighted by molar-refractivity contribution is 0.446. The second-order valence-electron chi connectivity index (χ2n) is 23.4. The van der Waals surface area contributed by atoms with E-state index in [2.05, 4.69) is 247 Å². The number of hydrogen-bond donors (Lipinski definition) is 1. The average molecular weight is 922 g/mol. The van der Waals surface area contributed by atoms with E-state index < -0.39 is 0 Å². The second kappa shape index (κ2) is 18.2. The third-order valence-corrected chi connectivity index (χ3v) is 14.4. The van der Waals surface area contributed by atoms with Gasteiger partial charge in [-0.1, -0.05) is 206 Å². The van der Waals surface area contributed by atoms with Gasteiger partial charge in [0.05, 0.1) is 28.0 Å². The summed E-state index contributed by atoms with van der Waals surface area (Å²) in [4.78, 5) is 10.9. The minimum atomic E-state index is -0.326. The van der Waals surface area contributed by atoms with E-state index in [1.165, 1.54) is 38.6 Å². The molecule has 0 amide bonds. The smallest absolute Gasteiger partial charge is 0.149 e. The highest BCUT2D eigenvalue weighted by atomic mass is 16.3. The molecule has 1 N–H and O–H groups in total. The third kappa shape index (κ3) is 9.21. The largest absolute Gasteiger partial charge is 0.507 e. The molecule has 9 aromatic rings. The van der Waals surface area contributed by atoms with Crippen molar-refractivity contribution in [1.29, 1.82) is 0 Å². The normalized spacial score (nSPS) is 13.0. The topological polar surface area (TPSA) is 50.9 Å². The monoisotopic (exact) mass is 922 g/mol. The van der Waals surface area contributed by atoms with E-state index in [9.17, 15) is 5.11 Å². The van der Waals surface area contributed by atoms with Crippen molar-refractivity contribution in [3.8, 4) is 56.3 Å². The lowest BCUT2D eigenvalue weighted by Crippen LogP contribution is -2.18. The fourth-order valence-electron chi connectivity index (χ4n) is 10.1. The highest BCUT2D eigenvalue weighted by molar-refractivity contribution is 5.97. The first-order chi connectivity index (χ1) is 33.1. The van der Waals surface area contributed by atoms with Crippen LogP contribution < -0.4 is 0 Å². The number of aromatic hydroxyl groups is 1. The number of benzene rings is 7. The molecule has 0 aliphatic carbocycles. The molecule has 0 aliphatic rings. The summed E-state index contributed by atoms with van der Waals surface area (Å²) in [6.45, 7) is 31.8. The molecule has 356 valence electrons. The number of aromatic nitrogens is 3. The van der Waals surface area contributed by atoms with E-state index in [0.717, 1.165) is 72.7 Å². The first-order valence-electron chi connectivity index (χ1n) is 25.3. The fraction of sp³-hybridized carbons (Fsp3) is 0.303. The van der Waals surface area contributed by atoms with E-state index in [0.29, 0.717) is 0 Å². The van der Waals surface area contributed by atoms with Crippen LogP contribution in [0, 0.1) is 0 Å². The molecule has 9 rings (SSSR count). The van der Waals surface area contributed by atoms with Gasteiger partial charge in [0.2, 0.25) is 0 Å².